The zero-order valence-corrected chi connectivity index (χ0v) is 26.6. The van der Waals surface area contributed by atoms with Crippen molar-refractivity contribution in [3.05, 3.63) is 28.8 Å². The minimum atomic E-state index is -3.50. The second kappa shape index (κ2) is 14.6. The minimum absolute atomic E-state index is 0.00945. The van der Waals surface area contributed by atoms with Crippen LogP contribution in [0.1, 0.15) is 101 Å². The molecule has 2 aliphatic heterocycles. The van der Waals surface area contributed by atoms with Gasteiger partial charge in [0.25, 0.3) is 5.91 Å². The average molecular weight is 590 g/mol. The lowest BCUT2D eigenvalue weighted by molar-refractivity contribution is -0.124. The molecule has 1 saturated heterocycles. The van der Waals surface area contributed by atoms with Crippen LogP contribution in [-0.2, 0) is 21.2 Å². The van der Waals surface area contributed by atoms with Crippen LogP contribution in [0, 0.1) is 19.8 Å². The molecule has 0 aliphatic carbocycles. The van der Waals surface area contributed by atoms with Gasteiger partial charge in [0.2, 0.25) is 10.0 Å². The summed E-state index contributed by atoms with van der Waals surface area (Å²) in [5.74, 6) is 1.35. The highest BCUT2D eigenvalue weighted by molar-refractivity contribution is 7.89. The van der Waals surface area contributed by atoms with Gasteiger partial charge < -0.3 is 11.1 Å². The van der Waals surface area contributed by atoms with Crippen LogP contribution in [0.5, 0.6) is 0 Å². The van der Waals surface area contributed by atoms with Crippen molar-refractivity contribution < 1.29 is 18.0 Å². The lowest BCUT2D eigenvalue weighted by atomic mass is 9.89. The summed E-state index contributed by atoms with van der Waals surface area (Å²) < 4.78 is 28.1. The molecule has 0 saturated carbocycles. The van der Waals surface area contributed by atoms with Crippen molar-refractivity contribution in [3.8, 4) is 0 Å². The molecular formula is C31H51N5O4S. The van der Waals surface area contributed by atoms with Crippen molar-refractivity contribution in [2.45, 2.75) is 110 Å². The van der Waals surface area contributed by atoms with Gasteiger partial charge in [-0.05, 0) is 74.3 Å². The number of rotatable bonds is 15. The smallest absolute Gasteiger partial charge is 0.318 e. The van der Waals surface area contributed by atoms with Gasteiger partial charge in [-0.2, -0.15) is 0 Å². The van der Waals surface area contributed by atoms with Crippen LogP contribution in [0.4, 0.5) is 10.5 Å². The van der Waals surface area contributed by atoms with Gasteiger partial charge >= 0.3 is 6.03 Å². The first-order valence-corrected chi connectivity index (χ1v) is 17.0. The topological polar surface area (TPSA) is 125 Å². The van der Waals surface area contributed by atoms with Gasteiger partial charge in [0.15, 0.2) is 0 Å². The molecule has 10 heteroatoms. The molecule has 1 unspecified atom stereocenters. The number of amides is 3. The predicted octanol–water partition coefficient (Wildman–Crippen LogP) is 5.22. The van der Waals surface area contributed by atoms with E-state index >= 15 is 0 Å². The molecule has 1 atom stereocenters. The number of hydrogen-bond acceptors (Lipinski definition) is 5. The van der Waals surface area contributed by atoms with E-state index in [0.29, 0.717) is 44.0 Å². The number of hydrogen-bond donors (Lipinski definition) is 2. The summed E-state index contributed by atoms with van der Waals surface area (Å²) in [6.45, 7) is 8.89. The molecule has 1 spiro atoms. The summed E-state index contributed by atoms with van der Waals surface area (Å²) in [6, 6.07) is 3.17. The molecule has 0 aromatic heterocycles. The number of aryl methyl sites for hydroxylation is 2. The zero-order valence-electron chi connectivity index (χ0n) is 25.8. The minimum Gasteiger partial charge on any atom is -0.351 e. The summed E-state index contributed by atoms with van der Waals surface area (Å²) in [5.41, 5.74) is 8.05. The van der Waals surface area contributed by atoms with Gasteiger partial charge in [-0.3, -0.25) is 14.7 Å². The van der Waals surface area contributed by atoms with Gasteiger partial charge in [-0.15, -0.1) is 0 Å². The molecule has 41 heavy (non-hydrogen) atoms. The molecule has 3 rings (SSSR count). The van der Waals surface area contributed by atoms with Crippen molar-refractivity contribution >= 4 is 33.5 Å². The highest BCUT2D eigenvalue weighted by Crippen LogP contribution is 2.33. The van der Waals surface area contributed by atoms with Gasteiger partial charge in [0.1, 0.15) is 11.4 Å². The third kappa shape index (κ3) is 8.53. The number of sulfonamides is 1. The van der Waals surface area contributed by atoms with Crippen molar-refractivity contribution in [1.29, 1.82) is 0 Å². The van der Waals surface area contributed by atoms with Crippen molar-refractivity contribution in [2.24, 2.45) is 16.6 Å². The lowest BCUT2D eigenvalue weighted by Gasteiger charge is -2.34. The second-order valence-electron chi connectivity index (χ2n) is 12.0. The first-order valence-electron chi connectivity index (χ1n) is 15.4. The number of nitrogens with zero attached hydrogens (tertiary/aromatic N) is 3. The molecule has 3 amide bonds. The number of primary amides is 1. The van der Waals surface area contributed by atoms with E-state index in [2.05, 4.69) is 19.2 Å². The molecule has 2 aliphatic rings. The Morgan fingerprint density at radius 3 is 2.29 bits per heavy atom. The van der Waals surface area contributed by atoms with E-state index in [1.165, 1.54) is 54.2 Å². The number of nitrogens with two attached hydrogens (primary N) is 1. The fraction of sp³-hybridized carbons (Fsp3) is 0.710. The standard InChI is InChI=1S/C31H51N5O4S/c1-6-8-9-10-12-25(11-7-2)13-14-28-33-29(37)31(34-28)16-18-36(19-17-31)41(39,40)20-15-27-23(3)21-26(22-24(27)4)35(5)30(32)38/h21-22,25H,6-20H2,1-5H3,(H2,32,38)(H,33,34,37). The largest absolute Gasteiger partial charge is 0.351 e. The summed E-state index contributed by atoms with van der Waals surface area (Å²) >= 11 is 0. The Kier molecular flexibility index (Phi) is 11.8. The van der Waals surface area contributed by atoms with Gasteiger partial charge in [-0.1, -0.05) is 58.8 Å². The molecule has 0 bridgehead atoms. The number of piperidine rings is 1. The van der Waals surface area contributed by atoms with Crippen LogP contribution in [0.3, 0.4) is 0 Å². The van der Waals surface area contributed by atoms with Gasteiger partial charge in [-0.25, -0.2) is 17.5 Å². The van der Waals surface area contributed by atoms with Gasteiger partial charge in [0.05, 0.1) is 5.75 Å². The monoisotopic (exact) mass is 589 g/mol. The number of unbranched alkanes of at least 4 members (excludes halogenated alkanes) is 3. The summed E-state index contributed by atoms with van der Waals surface area (Å²) in [6.07, 6.45) is 11.7. The van der Waals surface area contributed by atoms with E-state index in [4.69, 9.17) is 10.7 Å². The van der Waals surface area contributed by atoms with Crippen molar-refractivity contribution in [3.63, 3.8) is 0 Å². The number of nitrogens with one attached hydrogen (secondary N) is 1. The highest BCUT2D eigenvalue weighted by Gasteiger charge is 2.47. The van der Waals surface area contributed by atoms with Gasteiger partial charge in [0, 0.05) is 32.2 Å². The molecule has 0 radical (unpaired) electrons. The fourth-order valence-corrected chi connectivity index (χ4v) is 7.72. The molecule has 1 fully saturated rings. The first-order chi connectivity index (χ1) is 19.4. The van der Waals surface area contributed by atoms with E-state index in [-0.39, 0.29) is 11.7 Å². The van der Waals surface area contributed by atoms with E-state index in [9.17, 15) is 18.0 Å². The van der Waals surface area contributed by atoms with Crippen molar-refractivity contribution in [1.82, 2.24) is 9.62 Å². The number of anilines is 1. The second-order valence-corrected chi connectivity index (χ2v) is 14.1. The number of benzene rings is 1. The normalized spacial score (nSPS) is 17.9. The average Bonchev–Trinajstić information content (AvgIpc) is 3.22. The van der Waals surface area contributed by atoms with Crippen LogP contribution in [0.2, 0.25) is 0 Å². The van der Waals surface area contributed by atoms with Crippen LogP contribution in [-0.4, -0.2) is 61.9 Å². The Bertz CT molecular complexity index is 1180. The maximum Gasteiger partial charge on any atom is 0.318 e. The Hall–Kier alpha value is -2.46. The Morgan fingerprint density at radius 1 is 1.05 bits per heavy atom. The molecule has 2 heterocycles. The fourth-order valence-electron chi connectivity index (χ4n) is 6.26. The van der Waals surface area contributed by atoms with Crippen LogP contribution >= 0.6 is 0 Å². The van der Waals surface area contributed by atoms with E-state index in [1.54, 1.807) is 7.05 Å². The van der Waals surface area contributed by atoms with E-state index < -0.39 is 21.6 Å². The molecular weight excluding hydrogens is 538 g/mol. The molecule has 230 valence electrons. The molecule has 9 nitrogen and oxygen atoms in total. The lowest BCUT2D eigenvalue weighted by Crippen LogP contribution is -2.50. The summed E-state index contributed by atoms with van der Waals surface area (Å²) in [5, 5.41) is 3.03. The quantitative estimate of drug-likeness (QED) is 0.272. The third-order valence-corrected chi connectivity index (χ3v) is 10.8. The number of carbonyl (C=O) groups excluding carboxylic acids is 2. The van der Waals surface area contributed by atoms with Crippen molar-refractivity contribution in [2.75, 3.05) is 30.8 Å². The molecule has 3 N–H and O–H groups in total. The SMILES string of the molecule is CCCCCCC(CCC)CCC1=NC2(CCN(S(=O)(=O)CCc3c(C)cc(N(C)C(N)=O)cc3C)CC2)C(=O)N1. The third-order valence-electron chi connectivity index (χ3n) is 8.93. The summed E-state index contributed by atoms with van der Waals surface area (Å²) in [4.78, 5) is 30.8. The van der Waals surface area contributed by atoms with Crippen LogP contribution in [0.15, 0.2) is 17.1 Å². The number of carbonyl (C=O) groups is 2. The Morgan fingerprint density at radius 2 is 1.71 bits per heavy atom. The zero-order chi connectivity index (χ0) is 30.2. The predicted molar refractivity (Wildman–Crippen MR) is 167 cm³/mol. The Balaban J connectivity index is 1.56. The van der Waals surface area contributed by atoms with Crippen LogP contribution in [0.25, 0.3) is 0 Å². The molecule has 1 aromatic carbocycles. The highest BCUT2D eigenvalue weighted by atomic mass is 32.2. The Labute approximate surface area is 247 Å². The first kappa shape index (κ1) is 33.0. The van der Waals surface area contributed by atoms with E-state index in [1.807, 2.05) is 26.0 Å². The molecule has 1 aromatic rings. The van der Waals surface area contributed by atoms with Crippen LogP contribution < -0.4 is 16.0 Å². The number of amidine groups is 1. The maximum absolute atomic E-state index is 13.3. The summed E-state index contributed by atoms with van der Waals surface area (Å²) in [7, 11) is -1.89. The number of urea groups is 1. The number of aliphatic imine (C=N–C) groups is 1. The maximum atomic E-state index is 13.3. The van der Waals surface area contributed by atoms with E-state index in [0.717, 1.165) is 35.4 Å².